The molecule has 0 amide bonds. The fourth-order valence-electron chi connectivity index (χ4n) is 3.24. The van der Waals surface area contributed by atoms with Gasteiger partial charge < -0.3 is 24.6 Å². The number of hydrogen-bond acceptors (Lipinski definition) is 5. The van der Waals surface area contributed by atoms with Gasteiger partial charge in [0.25, 0.3) is 0 Å². The molecule has 1 atom stereocenters. The van der Waals surface area contributed by atoms with E-state index in [0.717, 1.165) is 16.9 Å². The first-order valence-corrected chi connectivity index (χ1v) is 10.1. The maximum absolute atomic E-state index is 10.9. The van der Waals surface area contributed by atoms with Crippen molar-refractivity contribution < 1.29 is 13.9 Å². The Bertz CT molecular complexity index is 1000. The van der Waals surface area contributed by atoms with Crippen molar-refractivity contribution in [3.05, 3.63) is 65.1 Å². The van der Waals surface area contributed by atoms with Crippen LogP contribution in [0.4, 0.5) is 0 Å². The van der Waals surface area contributed by atoms with Gasteiger partial charge in [0.2, 0.25) is 5.89 Å². The number of aryl methyl sites for hydroxylation is 3. The highest BCUT2D eigenvalue weighted by Crippen LogP contribution is 2.26. The molecule has 0 saturated carbocycles. The number of rotatable bonds is 7. The summed E-state index contributed by atoms with van der Waals surface area (Å²) in [6.45, 7) is 10.8. The van der Waals surface area contributed by atoms with E-state index in [-0.39, 0.29) is 13.1 Å². The van der Waals surface area contributed by atoms with Gasteiger partial charge in [0.05, 0.1) is 12.7 Å². The fraction of sp³-hybridized carbons (Fsp3) is 0.391. The van der Waals surface area contributed by atoms with Gasteiger partial charge in [-0.15, -0.1) is 0 Å². The number of nitrogens with zero attached hydrogens (tertiary/aromatic N) is 2. The van der Waals surface area contributed by atoms with E-state index in [1.165, 1.54) is 5.56 Å². The second-order valence-electron chi connectivity index (χ2n) is 7.63. The minimum atomic E-state index is -1.10. The predicted molar refractivity (Wildman–Crippen MR) is 117 cm³/mol. The molecule has 30 heavy (non-hydrogen) atoms. The summed E-state index contributed by atoms with van der Waals surface area (Å²) >= 11 is 0. The Kier molecular flexibility index (Phi) is 6.62. The van der Waals surface area contributed by atoms with Gasteiger partial charge in [-0.25, -0.2) is 9.98 Å². The molecular weight excluding hydrogens is 380 g/mol. The highest BCUT2D eigenvalue weighted by Gasteiger charge is 2.27. The van der Waals surface area contributed by atoms with E-state index in [1.807, 2.05) is 58.0 Å². The number of benzene rings is 1. The lowest BCUT2D eigenvalue weighted by Crippen LogP contribution is -2.44. The van der Waals surface area contributed by atoms with Crippen LogP contribution in [0.5, 0.6) is 0 Å². The molecule has 0 aliphatic heterocycles. The zero-order chi connectivity index (χ0) is 21.7. The molecule has 0 bridgehead atoms. The molecule has 3 N–H and O–H groups in total. The van der Waals surface area contributed by atoms with Crippen molar-refractivity contribution in [3.63, 3.8) is 0 Å². The highest BCUT2D eigenvalue weighted by atomic mass is 16.4. The first-order valence-electron chi connectivity index (χ1n) is 10.1. The lowest BCUT2D eigenvalue weighted by molar-refractivity contribution is 0.0601. The quantitative estimate of drug-likeness (QED) is 0.405. The van der Waals surface area contributed by atoms with Crippen LogP contribution in [-0.4, -0.2) is 29.1 Å². The van der Waals surface area contributed by atoms with Gasteiger partial charge in [-0.2, -0.15) is 0 Å². The van der Waals surface area contributed by atoms with E-state index < -0.39 is 5.60 Å². The number of furan rings is 1. The molecule has 3 rings (SSSR count). The van der Waals surface area contributed by atoms with E-state index >= 15 is 0 Å². The van der Waals surface area contributed by atoms with Gasteiger partial charge in [0, 0.05) is 17.7 Å². The van der Waals surface area contributed by atoms with Gasteiger partial charge in [0.1, 0.15) is 23.7 Å². The standard InChI is InChI=1S/C23H30N4O3/c1-6-24-22(27-14-23(5,28)19-11-16(3)29-17(19)4)26-13-21-25-12-20(30-21)18-9-7-15(2)8-10-18/h7-12,28H,6,13-14H2,1-5H3,(H2,24,26,27). The average Bonchev–Trinajstić information content (AvgIpc) is 3.31. The van der Waals surface area contributed by atoms with Crippen LogP contribution in [0.3, 0.4) is 0 Å². The van der Waals surface area contributed by atoms with Crippen molar-refractivity contribution in [1.82, 2.24) is 15.6 Å². The third-order valence-electron chi connectivity index (χ3n) is 4.83. The van der Waals surface area contributed by atoms with Crippen LogP contribution in [0.25, 0.3) is 11.3 Å². The monoisotopic (exact) mass is 410 g/mol. The Morgan fingerprint density at radius 2 is 1.87 bits per heavy atom. The maximum Gasteiger partial charge on any atom is 0.216 e. The van der Waals surface area contributed by atoms with Gasteiger partial charge in [-0.3, -0.25) is 0 Å². The first-order chi connectivity index (χ1) is 14.3. The molecule has 0 radical (unpaired) electrons. The molecule has 2 aromatic heterocycles. The van der Waals surface area contributed by atoms with Crippen molar-refractivity contribution in [2.24, 2.45) is 4.99 Å². The number of hydrogen-bond donors (Lipinski definition) is 3. The minimum absolute atomic E-state index is 0.277. The van der Waals surface area contributed by atoms with Crippen LogP contribution >= 0.6 is 0 Å². The Morgan fingerprint density at radius 1 is 1.13 bits per heavy atom. The van der Waals surface area contributed by atoms with Crippen molar-refractivity contribution in [2.45, 2.75) is 46.8 Å². The molecule has 0 saturated heterocycles. The summed E-state index contributed by atoms with van der Waals surface area (Å²) in [4.78, 5) is 8.86. The van der Waals surface area contributed by atoms with Crippen molar-refractivity contribution in [2.75, 3.05) is 13.1 Å². The Hall–Kier alpha value is -3.06. The third-order valence-corrected chi connectivity index (χ3v) is 4.83. The van der Waals surface area contributed by atoms with Crippen molar-refractivity contribution >= 4 is 5.96 Å². The number of guanidine groups is 1. The van der Waals surface area contributed by atoms with E-state index in [4.69, 9.17) is 8.83 Å². The maximum atomic E-state index is 10.9. The van der Waals surface area contributed by atoms with Crippen LogP contribution in [-0.2, 0) is 12.1 Å². The number of oxazole rings is 1. The first kappa shape index (κ1) is 21.6. The number of aliphatic imine (C=N–C) groups is 1. The Balaban J connectivity index is 1.66. The molecular formula is C23H30N4O3. The molecule has 0 aliphatic carbocycles. The molecule has 0 fully saturated rings. The van der Waals surface area contributed by atoms with Crippen LogP contribution < -0.4 is 10.6 Å². The Labute approximate surface area is 177 Å². The summed E-state index contributed by atoms with van der Waals surface area (Å²) in [6.07, 6.45) is 1.71. The van der Waals surface area contributed by atoms with Crippen molar-refractivity contribution in [1.29, 1.82) is 0 Å². The molecule has 0 spiro atoms. The van der Waals surface area contributed by atoms with Gasteiger partial charge >= 0.3 is 0 Å². The number of aromatic nitrogens is 1. The number of nitrogens with one attached hydrogen (secondary N) is 2. The lowest BCUT2D eigenvalue weighted by Gasteiger charge is -2.24. The Morgan fingerprint density at radius 3 is 2.50 bits per heavy atom. The van der Waals surface area contributed by atoms with Gasteiger partial charge in [0.15, 0.2) is 11.7 Å². The summed E-state index contributed by atoms with van der Waals surface area (Å²) in [5.74, 6) is 3.30. The molecule has 7 nitrogen and oxygen atoms in total. The largest absolute Gasteiger partial charge is 0.466 e. The van der Waals surface area contributed by atoms with Crippen LogP contribution in [0.1, 0.15) is 42.4 Å². The van der Waals surface area contributed by atoms with E-state index in [2.05, 4.69) is 20.6 Å². The second kappa shape index (κ2) is 9.17. The zero-order valence-corrected chi connectivity index (χ0v) is 18.2. The molecule has 3 aromatic rings. The second-order valence-corrected chi connectivity index (χ2v) is 7.63. The smallest absolute Gasteiger partial charge is 0.216 e. The molecule has 1 unspecified atom stereocenters. The fourth-order valence-corrected chi connectivity index (χ4v) is 3.24. The van der Waals surface area contributed by atoms with Gasteiger partial charge in [-0.1, -0.05) is 29.8 Å². The SMILES string of the molecule is CCNC(=NCc1ncc(-c2ccc(C)cc2)o1)NCC(C)(O)c1cc(C)oc1C. The van der Waals surface area contributed by atoms with Crippen molar-refractivity contribution in [3.8, 4) is 11.3 Å². The summed E-state index contributed by atoms with van der Waals surface area (Å²) in [5.41, 5.74) is 1.84. The van der Waals surface area contributed by atoms with Crippen LogP contribution in [0, 0.1) is 20.8 Å². The topological polar surface area (TPSA) is 95.8 Å². The molecule has 2 heterocycles. The zero-order valence-electron chi connectivity index (χ0n) is 18.2. The number of aliphatic hydroxyl groups is 1. The molecule has 160 valence electrons. The summed E-state index contributed by atoms with van der Waals surface area (Å²) in [7, 11) is 0. The lowest BCUT2D eigenvalue weighted by atomic mass is 9.96. The molecule has 7 heteroatoms. The average molecular weight is 411 g/mol. The molecule has 0 aliphatic rings. The summed E-state index contributed by atoms with van der Waals surface area (Å²) in [6, 6.07) is 9.96. The van der Waals surface area contributed by atoms with E-state index in [1.54, 1.807) is 13.1 Å². The van der Waals surface area contributed by atoms with Gasteiger partial charge in [-0.05, 0) is 40.7 Å². The minimum Gasteiger partial charge on any atom is -0.466 e. The highest BCUT2D eigenvalue weighted by molar-refractivity contribution is 5.79. The predicted octanol–water partition coefficient (Wildman–Crippen LogP) is 3.82. The summed E-state index contributed by atoms with van der Waals surface area (Å²) < 4.78 is 11.4. The van der Waals surface area contributed by atoms with Crippen LogP contribution in [0.2, 0.25) is 0 Å². The van der Waals surface area contributed by atoms with E-state index in [9.17, 15) is 5.11 Å². The third kappa shape index (κ3) is 5.30. The molecule has 1 aromatic carbocycles. The summed E-state index contributed by atoms with van der Waals surface area (Å²) in [5, 5.41) is 17.3. The normalized spacial score (nSPS) is 13.9. The van der Waals surface area contributed by atoms with Crippen LogP contribution in [0.15, 0.2) is 50.4 Å². The van der Waals surface area contributed by atoms with E-state index in [0.29, 0.717) is 29.9 Å².